The predicted molar refractivity (Wildman–Crippen MR) is 208 cm³/mol. The van der Waals surface area contributed by atoms with E-state index in [0.29, 0.717) is 18.4 Å². The second kappa shape index (κ2) is 15.5. The summed E-state index contributed by atoms with van der Waals surface area (Å²) in [7, 11) is -20.4. The van der Waals surface area contributed by atoms with Crippen LogP contribution in [-0.4, -0.2) is 73.4 Å². The molecule has 0 heterocycles. The number of carbonyl (C=O) groups excluding carboxylic acids is 1. The zero-order chi connectivity index (χ0) is 35.5. The van der Waals surface area contributed by atoms with Gasteiger partial charge in [-0.15, -0.1) is 0 Å². The van der Waals surface area contributed by atoms with Crippen molar-refractivity contribution < 1.29 is 29.5 Å². The van der Waals surface area contributed by atoms with E-state index in [2.05, 4.69) is 132 Å². The minimum Gasteiger partial charge on any atom is -0.417 e. The first kappa shape index (κ1) is 44.7. The lowest BCUT2D eigenvalue weighted by Crippen LogP contribution is -2.66. The van der Waals surface area contributed by atoms with Crippen molar-refractivity contribution in [3.05, 3.63) is 11.1 Å². The summed E-state index contributed by atoms with van der Waals surface area (Å²) in [4.78, 5) is 13.3. The lowest BCUT2D eigenvalue weighted by molar-refractivity contribution is -0.114. The molecule has 0 spiro atoms. The Bertz CT molecular complexity index is 837. The van der Waals surface area contributed by atoms with Gasteiger partial charge >= 0.3 is 17.6 Å². The van der Waals surface area contributed by atoms with E-state index in [9.17, 15) is 4.79 Å². The van der Waals surface area contributed by atoms with Gasteiger partial charge in [0.05, 0.1) is 0 Å². The Balaban J connectivity index is 8.44. The van der Waals surface area contributed by atoms with Crippen LogP contribution in [0.3, 0.4) is 0 Å². The van der Waals surface area contributed by atoms with Crippen LogP contribution >= 0.6 is 0 Å². The lowest BCUT2D eigenvalue weighted by Gasteiger charge is -2.51. The maximum absolute atomic E-state index is 13.3. The molecule has 0 aromatic carbocycles. The number of allylic oxidation sites excluding steroid dienone is 1. The van der Waals surface area contributed by atoms with Gasteiger partial charge in [-0.05, 0) is 143 Å². The molecule has 0 saturated carbocycles. The molecule has 0 rings (SSSR count). The number of rotatable bonds is 19. The van der Waals surface area contributed by atoms with Crippen molar-refractivity contribution in [1.29, 1.82) is 0 Å². The van der Waals surface area contributed by atoms with Gasteiger partial charge in [0.15, 0.2) is 49.9 Å². The number of hydrogen-bond acceptors (Lipinski definition) is 7. The van der Waals surface area contributed by atoms with Crippen LogP contribution in [0, 0.1) is 0 Å². The van der Waals surface area contributed by atoms with Crippen LogP contribution in [-0.2, 0) is 29.5 Å². The first-order chi connectivity index (χ1) is 19.1. The van der Waals surface area contributed by atoms with Crippen molar-refractivity contribution in [2.75, 3.05) is 0 Å². The van der Waals surface area contributed by atoms with Gasteiger partial charge in [0, 0.05) is 16.7 Å². The Morgan fingerprint density at radius 2 is 0.659 bits per heavy atom. The Morgan fingerprint density at radius 1 is 0.477 bits per heavy atom. The minimum atomic E-state index is -3.53. The minimum absolute atomic E-state index is 0.308. The van der Waals surface area contributed by atoms with E-state index >= 15 is 0 Å². The van der Waals surface area contributed by atoms with Gasteiger partial charge < -0.3 is 30.4 Å². The first-order valence-corrected chi connectivity index (χ1v) is 40.4. The topological polar surface area (TPSA) is 98.5 Å². The number of primary amides is 1. The monoisotopic (exact) mass is 757 g/mol. The normalized spacial score (nSPS) is 16.1. The Morgan fingerprint density at radius 3 is 0.773 bits per heavy atom. The summed E-state index contributed by atoms with van der Waals surface area (Å²) in [6, 6.07) is 0. The second-order valence-corrected chi connectivity index (χ2v) is 51.9. The van der Waals surface area contributed by atoms with Crippen LogP contribution in [0.5, 0.6) is 0 Å². The fourth-order valence-corrected chi connectivity index (χ4v) is 35.3. The van der Waals surface area contributed by atoms with Crippen LogP contribution in [0.1, 0.15) is 33.6 Å². The van der Waals surface area contributed by atoms with Gasteiger partial charge in [-0.2, -0.15) is 0 Å². The molecule has 2 unspecified atom stereocenters. The molecule has 0 aromatic heterocycles. The number of hydrogen-bond donors (Lipinski definition) is 1. The summed E-state index contributed by atoms with van der Waals surface area (Å²) >= 11 is 0. The molecule has 0 saturated heterocycles. The van der Waals surface area contributed by atoms with Crippen molar-refractivity contribution in [3.8, 4) is 0 Å². The quantitative estimate of drug-likeness (QED) is 0.104. The Labute approximate surface area is 281 Å². The van der Waals surface area contributed by atoms with Crippen molar-refractivity contribution in [2.24, 2.45) is 5.73 Å². The standard InChI is InChI=1S/C28H71NO7Si8/c1-22-25(43(31-37(4,5)6,32-38(7,8)9)33-39(10,11)12)27(24(3)28(29)30)26(23-2)44(34-40(13,14)15,35-41(16,17)18)36-42(19,20)21/h25-26H,22-23H2,1-21H3,(H2,29,30). The highest BCUT2D eigenvalue weighted by molar-refractivity contribution is 6.92. The molecule has 0 aromatic rings. The molecule has 8 nitrogen and oxygen atoms in total. The average molecular weight is 759 g/mol. The predicted octanol–water partition coefficient (Wildman–Crippen LogP) is 9.34. The maximum atomic E-state index is 13.3. The fraction of sp³-hybridized carbons (Fsp3) is 0.893. The summed E-state index contributed by atoms with van der Waals surface area (Å²) in [5, 5.41) is 0. The molecular weight excluding hydrogens is 687 g/mol. The van der Waals surface area contributed by atoms with Gasteiger partial charge in [-0.1, -0.05) is 13.8 Å². The molecule has 262 valence electrons. The van der Waals surface area contributed by atoms with Crippen LogP contribution < -0.4 is 5.73 Å². The second-order valence-electron chi connectivity index (χ2n) is 17.9. The van der Waals surface area contributed by atoms with Crippen LogP contribution in [0.25, 0.3) is 0 Å². The number of amides is 1. The largest absolute Gasteiger partial charge is 0.477 e. The molecule has 2 N–H and O–H groups in total. The number of carbonyl (C=O) groups is 1. The lowest BCUT2D eigenvalue weighted by atomic mass is 9.98. The number of nitrogens with two attached hydrogens (primary N) is 1. The first-order valence-electron chi connectivity index (χ1n) is 16.3. The third-order valence-corrected chi connectivity index (χ3v) is 30.6. The van der Waals surface area contributed by atoms with E-state index in [0.717, 1.165) is 5.57 Å². The molecular formula is C28H71NO7Si8. The van der Waals surface area contributed by atoms with E-state index in [1.807, 2.05) is 6.92 Å². The van der Waals surface area contributed by atoms with Crippen LogP contribution in [0.4, 0.5) is 0 Å². The third kappa shape index (κ3) is 15.7. The van der Waals surface area contributed by atoms with E-state index in [-0.39, 0.29) is 11.1 Å². The average Bonchev–Trinajstić information content (AvgIpc) is 2.64. The Kier molecular flexibility index (Phi) is 15.8. The van der Waals surface area contributed by atoms with Gasteiger partial charge in [0.1, 0.15) is 0 Å². The summed E-state index contributed by atoms with van der Waals surface area (Å²) in [5.41, 5.74) is 7.03. The van der Waals surface area contributed by atoms with E-state index in [1.54, 1.807) is 0 Å². The van der Waals surface area contributed by atoms with E-state index in [4.69, 9.17) is 30.4 Å². The molecule has 2 atom stereocenters. The van der Waals surface area contributed by atoms with Gasteiger partial charge in [-0.25, -0.2) is 0 Å². The molecule has 0 fully saturated rings. The zero-order valence-corrected chi connectivity index (χ0v) is 40.5. The highest BCUT2D eigenvalue weighted by Crippen LogP contribution is 2.52. The zero-order valence-electron chi connectivity index (χ0n) is 32.5. The van der Waals surface area contributed by atoms with E-state index < -0.39 is 73.4 Å². The maximum Gasteiger partial charge on any atom is 0.477 e. The molecule has 0 radical (unpaired) electrons. The SMILES string of the molecule is CCC(C(=C(C)C(N)=O)C(CC)[Si](O[Si](C)(C)C)(O[Si](C)(C)C)O[Si](C)(C)C)[Si](O[Si](C)(C)C)(O[Si](C)(C)C)O[Si](C)(C)C. The molecule has 0 aliphatic carbocycles. The molecule has 1 amide bonds. The fourth-order valence-electron chi connectivity index (χ4n) is 5.34. The molecule has 44 heavy (non-hydrogen) atoms. The van der Waals surface area contributed by atoms with Crippen LogP contribution in [0.2, 0.25) is 129 Å². The van der Waals surface area contributed by atoms with Crippen molar-refractivity contribution in [1.82, 2.24) is 0 Å². The van der Waals surface area contributed by atoms with Gasteiger partial charge in [0.2, 0.25) is 5.91 Å². The molecule has 16 heteroatoms. The molecule has 0 aliphatic heterocycles. The van der Waals surface area contributed by atoms with Crippen molar-refractivity contribution >= 4 is 73.4 Å². The van der Waals surface area contributed by atoms with Crippen molar-refractivity contribution in [2.45, 2.75) is 163 Å². The highest BCUT2D eigenvalue weighted by atomic mass is 28.5. The van der Waals surface area contributed by atoms with Gasteiger partial charge in [-0.3, -0.25) is 4.79 Å². The summed E-state index contributed by atoms with van der Waals surface area (Å²) < 4.78 is 43.7. The summed E-state index contributed by atoms with van der Waals surface area (Å²) in [6.07, 6.45) is 1.33. The summed E-state index contributed by atoms with van der Waals surface area (Å²) in [5.74, 6) is -0.453. The van der Waals surface area contributed by atoms with Gasteiger partial charge in [0.25, 0.3) is 0 Å². The van der Waals surface area contributed by atoms with Crippen molar-refractivity contribution in [3.63, 3.8) is 0 Å². The molecule has 0 aliphatic rings. The summed E-state index contributed by atoms with van der Waals surface area (Å²) in [6.45, 7) is 45.7. The highest BCUT2D eigenvalue weighted by Gasteiger charge is 2.63. The Hall–Kier alpha value is 0.705. The van der Waals surface area contributed by atoms with Crippen LogP contribution in [0.15, 0.2) is 11.1 Å². The van der Waals surface area contributed by atoms with E-state index in [1.165, 1.54) is 0 Å². The third-order valence-electron chi connectivity index (χ3n) is 5.91. The smallest absolute Gasteiger partial charge is 0.417 e. The molecule has 0 bridgehead atoms.